The van der Waals surface area contributed by atoms with Gasteiger partial charge in [-0.1, -0.05) is 0 Å². The normalized spacial score (nSPS) is 43.5. The lowest BCUT2D eigenvalue weighted by Gasteiger charge is -2.49. The molecule has 11 N–H and O–H groups in total. The third-order valence-corrected chi connectivity index (χ3v) is 7.30. The van der Waals surface area contributed by atoms with Crippen molar-refractivity contribution >= 4 is 17.7 Å². The molecule has 3 rings (SSSR count). The second kappa shape index (κ2) is 15.3. The first-order valence-corrected chi connectivity index (χ1v) is 13.5. The summed E-state index contributed by atoms with van der Waals surface area (Å²) in [5.41, 5.74) is 0. The Balaban J connectivity index is 1.89. The molecule has 0 aromatic carbocycles. The van der Waals surface area contributed by atoms with Gasteiger partial charge < -0.3 is 80.5 Å². The largest absolute Gasteiger partial charge is 0.394 e. The first-order chi connectivity index (χ1) is 20.2. The quantitative estimate of drug-likeness (QED) is 0.107. The van der Waals surface area contributed by atoms with Gasteiger partial charge >= 0.3 is 0 Å². The van der Waals surface area contributed by atoms with Crippen molar-refractivity contribution in [3.63, 3.8) is 0 Å². The van der Waals surface area contributed by atoms with Crippen molar-refractivity contribution in [2.24, 2.45) is 0 Å². The molecule has 19 nitrogen and oxygen atoms in total. The Hall–Kier alpha value is -2.11. The van der Waals surface area contributed by atoms with E-state index in [0.717, 1.165) is 20.8 Å². The maximum absolute atomic E-state index is 12.1. The summed E-state index contributed by atoms with van der Waals surface area (Å²) in [5.74, 6) is -1.96. The van der Waals surface area contributed by atoms with Crippen LogP contribution in [0.5, 0.6) is 0 Å². The summed E-state index contributed by atoms with van der Waals surface area (Å²) in [7, 11) is 0. The van der Waals surface area contributed by atoms with E-state index in [1.165, 1.54) is 0 Å². The first kappa shape index (κ1) is 35.4. The molecule has 0 aromatic rings. The van der Waals surface area contributed by atoms with E-state index in [9.17, 15) is 55.2 Å². The van der Waals surface area contributed by atoms with Crippen LogP contribution in [0.3, 0.4) is 0 Å². The number of rotatable bonds is 10. The molecule has 43 heavy (non-hydrogen) atoms. The highest BCUT2D eigenvalue weighted by atomic mass is 16.7. The molecule has 0 radical (unpaired) electrons. The van der Waals surface area contributed by atoms with Crippen LogP contribution in [0, 0.1) is 0 Å². The van der Waals surface area contributed by atoms with Gasteiger partial charge in [-0.15, -0.1) is 0 Å². The number of aliphatic hydroxyl groups excluding tert-OH is 8. The number of hydrogen-bond donors (Lipinski definition) is 11. The molecule has 15 atom stereocenters. The van der Waals surface area contributed by atoms with Crippen molar-refractivity contribution in [3.8, 4) is 0 Å². The zero-order valence-electron chi connectivity index (χ0n) is 23.6. The van der Waals surface area contributed by atoms with Crippen molar-refractivity contribution in [1.29, 1.82) is 0 Å². The minimum atomic E-state index is -1.77. The number of nitrogens with one attached hydrogen (secondary N) is 3. The van der Waals surface area contributed by atoms with E-state index in [0.29, 0.717) is 0 Å². The van der Waals surface area contributed by atoms with Crippen molar-refractivity contribution in [1.82, 2.24) is 16.0 Å². The van der Waals surface area contributed by atoms with Crippen molar-refractivity contribution in [3.05, 3.63) is 0 Å². The predicted octanol–water partition coefficient (Wildman–Crippen LogP) is -7.14. The molecule has 3 fully saturated rings. The van der Waals surface area contributed by atoms with Crippen LogP contribution in [0.4, 0.5) is 0 Å². The van der Waals surface area contributed by atoms with Crippen LogP contribution >= 0.6 is 0 Å². The monoisotopic (exact) mass is 627 g/mol. The van der Waals surface area contributed by atoms with Gasteiger partial charge in [0.25, 0.3) is 0 Å². The third kappa shape index (κ3) is 8.14. The highest BCUT2D eigenvalue weighted by Crippen LogP contribution is 2.32. The average molecular weight is 628 g/mol. The fraction of sp³-hybridized carbons (Fsp3) is 0.875. The lowest BCUT2D eigenvalue weighted by Crippen LogP contribution is -2.71. The number of ether oxygens (including phenoxy) is 5. The van der Waals surface area contributed by atoms with Crippen LogP contribution in [0.25, 0.3) is 0 Å². The molecule has 0 bridgehead atoms. The Bertz CT molecular complexity index is 962. The fourth-order valence-electron chi connectivity index (χ4n) is 5.28. The Morgan fingerprint density at radius 2 is 0.930 bits per heavy atom. The zero-order chi connectivity index (χ0) is 32.2. The molecular weight excluding hydrogens is 586 g/mol. The molecule has 19 heteroatoms. The van der Waals surface area contributed by atoms with Gasteiger partial charge in [0.05, 0.1) is 19.8 Å². The van der Waals surface area contributed by atoms with Gasteiger partial charge in [0, 0.05) is 20.8 Å². The summed E-state index contributed by atoms with van der Waals surface area (Å²) in [6.07, 6.45) is -19.0. The molecule has 3 heterocycles. The fourth-order valence-corrected chi connectivity index (χ4v) is 5.28. The van der Waals surface area contributed by atoms with Crippen LogP contribution in [-0.2, 0) is 38.1 Å². The summed E-state index contributed by atoms with van der Waals surface area (Å²) < 4.78 is 28.3. The molecule has 0 spiro atoms. The van der Waals surface area contributed by atoms with E-state index in [2.05, 4.69) is 16.0 Å². The molecule has 0 saturated carbocycles. The smallest absolute Gasteiger partial charge is 0.217 e. The van der Waals surface area contributed by atoms with Gasteiger partial charge in [-0.25, -0.2) is 0 Å². The Morgan fingerprint density at radius 1 is 0.558 bits per heavy atom. The minimum absolute atomic E-state index is 0.628. The molecule has 3 saturated heterocycles. The third-order valence-electron chi connectivity index (χ3n) is 7.30. The van der Waals surface area contributed by atoms with Crippen LogP contribution in [-0.4, -0.2) is 170 Å². The van der Waals surface area contributed by atoms with E-state index >= 15 is 0 Å². The van der Waals surface area contributed by atoms with Crippen LogP contribution in [0.2, 0.25) is 0 Å². The number of hydrogen-bond acceptors (Lipinski definition) is 16. The molecule has 0 aromatic heterocycles. The summed E-state index contributed by atoms with van der Waals surface area (Å²) >= 11 is 0. The van der Waals surface area contributed by atoms with Gasteiger partial charge in [-0.3, -0.25) is 14.4 Å². The van der Waals surface area contributed by atoms with E-state index in [1.54, 1.807) is 0 Å². The van der Waals surface area contributed by atoms with Gasteiger partial charge in [0.15, 0.2) is 18.9 Å². The van der Waals surface area contributed by atoms with Gasteiger partial charge in [-0.05, 0) is 0 Å². The first-order valence-electron chi connectivity index (χ1n) is 13.5. The second-order valence-corrected chi connectivity index (χ2v) is 10.5. The topological polar surface area (TPSA) is 295 Å². The number of amides is 3. The van der Waals surface area contributed by atoms with Crippen molar-refractivity contribution in [2.75, 3.05) is 19.8 Å². The summed E-state index contributed by atoms with van der Waals surface area (Å²) in [6, 6.07) is -4.31. The highest BCUT2D eigenvalue weighted by molar-refractivity contribution is 5.74. The Kier molecular flexibility index (Phi) is 12.5. The lowest BCUT2D eigenvalue weighted by molar-refractivity contribution is -0.351. The van der Waals surface area contributed by atoms with Gasteiger partial charge in [0.1, 0.15) is 73.1 Å². The molecule has 3 aliphatic heterocycles. The predicted molar refractivity (Wildman–Crippen MR) is 136 cm³/mol. The van der Waals surface area contributed by atoms with E-state index < -0.39 is 129 Å². The minimum Gasteiger partial charge on any atom is -0.394 e. The van der Waals surface area contributed by atoms with Crippen LogP contribution in [0.15, 0.2) is 0 Å². The summed E-state index contributed by atoms with van der Waals surface area (Å²) in [5, 5.41) is 90.0. The second-order valence-electron chi connectivity index (χ2n) is 10.5. The van der Waals surface area contributed by atoms with Crippen molar-refractivity contribution in [2.45, 2.75) is 113 Å². The van der Waals surface area contributed by atoms with E-state index in [1.807, 2.05) is 0 Å². The molecule has 3 aliphatic rings. The summed E-state index contributed by atoms with van der Waals surface area (Å²) in [4.78, 5) is 35.5. The number of aliphatic hydroxyl groups is 8. The Morgan fingerprint density at radius 3 is 1.37 bits per heavy atom. The van der Waals surface area contributed by atoms with Crippen LogP contribution < -0.4 is 16.0 Å². The van der Waals surface area contributed by atoms with Crippen molar-refractivity contribution < 1.29 is 78.9 Å². The SMILES string of the molecule is CC(=O)N[C@@H]1[C@H](O[C@H]2[C@@H](O)[C@@H](NC(C)=O)[C@@H](O[C@H]3[C@@H](O)[C@@H](NC(C)=O)[C@@H](O)O[C@H]3CO)O[C@H]2CO)O[C@H](CO)[C@H](O)[C@H]1O. The van der Waals surface area contributed by atoms with Gasteiger partial charge in [-0.2, -0.15) is 0 Å². The van der Waals surface area contributed by atoms with Crippen LogP contribution in [0.1, 0.15) is 20.8 Å². The molecule has 0 unspecified atom stereocenters. The highest BCUT2D eigenvalue weighted by Gasteiger charge is 2.54. The number of carbonyl (C=O) groups is 3. The van der Waals surface area contributed by atoms with E-state index in [4.69, 9.17) is 23.7 Å². The Labute approximate surface area is 245 Å². The van der Waals surface area contributed by atoms with E-state index in [-0.39, 0.29) is 0 Å². The molecular formula is C24H41N3O16. The molecule has 248 valence electrons. The average Bonchev–Trinajstić information content (AvgIpc) is 2.94. The lowest BCUT2D eigenvalue weighted by atomic mass is 9.93. The zero-order valence-corrected chi connectivity index (χ0v) is 23.6. The van der Waals surface area contributed by atoms with Gasteiger partial charge in [0.2, 0.25) is 17.7 Å². The molecule has 3 amide bonds. The maximum Gasteiger partial charge on any atom is 0.217 e. The molecule has 0 aliphatic carbocycles. The standard InChI is InChI=1S/C24H41N3O16/c1-7(31)25-13-18(36)20(11(5-29)39-22(13)38)42-24-15(27-9(3)33)19(37)21(12(6-30)41-24)43-23-14(26-8(2)32)17(35)16(34)10(4-28)40-23/h10-24,28-30,34-38H,4-6H2,1-3H3,(H,25,31)(H,26,32)(H,27,33)/t10-,11+,12+,13-,14+,15-,16+,17+,18+,19+,20-,21-,22+,23+,24-/m1/s1. The number of carbonyl (C=O) groups excluding carboxylic acids is 3. The maximum atomic E-state index is 12.1. The summed E-state index contributed by atoms with van der Waals surface area (Å²) in [6.45, 7) is 0.995.